The largest absolute Gasteiger partial charge is 0.496 e. The molecule has 2 rings (SSSR count). The molecule has 1 aliphatic heterocycles. The van der Waals surface area contributed by atoms with Crippen LogP contribution in [0.25, 0.3) is 0 Å². The number of benzene rings is 1. The first kappa shape index (κ1) is 16.7. The average molecular weight is 322 g/mol. The van der Waals surface area contributed by atoms with E-state index >= 15 is 0 Å². The van der Waals surface area contributed by atoms with Crippen LogP contribution in [0.4, 0.5) is 13.2 Å². The number of halogens is 3. The molecule has 22 heavy (non-hydrogen) atoms. The lowest BCUT2D eigenvalue weighted by Gasteiger charge is -2.24. The van der Waals surface area contributed by atoms with E-state index in [1.807, 2.05) is 0 Å². The lowest BCUT2D eigenvalue weighted by atomic mass is 10.1. The summed E-state index contributed by atoms with van der Waals surface area (Å²) < 4.78 is 65.0. The van der Waals surface area contributed by atoms with E-state index in [0.717, 1.165) is 0 Å². The molecule has 0 aliphatic carbocycles. The summed E-state index contributed by atoms with van der Waals surface area (Å²) in [6, 6.07) is 2.55. The highest BCUT2D eigenvalue weighted by atomic mass is 19.4. The van der Waals surface area contributed by atoms with Crippen molar-refractivity contribution < 1.29 is 36.9 Å². The first-order valence-electron chi connectivity index (χ1n) is 6.50. The van der Waals surface area contributed by atoms with Gasteiger partial charge in [0.15, 0.2) is 17.6 Å². The predicted octanol–water partition coefficient (Wildman–Crippen LogP) is 2.73. The maximum Gasteiger partial charge on any atom is 0.419 e. The average Bonchev–Trinajstić information content (AvgIpc) is 3.29. The minimum absolute atomic E-state index is 0.0108. The molecule has 2 atom stereocenters. The second-order valence-electron chi connectivity index (χ2n) is 4.66. The van der Waals surface area contributed by atoms with E-state index in [-0.39, 0.29) is 35.5 Å². The van der Waals surface area contributed by atoms with Gasteiger partial charge in [-0.15, -0.1) is 0 Å². The Morgan fingerprint density at radius 3 is 2.09 bits per heavy atom. The predicted molar refractivity (Wildman–Crippen MR) is 70.6 cm³/mol. The van der Waals surface area contributed by atoms with E-state index in [9.17, 15) is 13.2 Å². The van der Waals surface area contributed by atoms with Crippen molar-refractivity contribution in [2.24, 2.45) is 0 Å². The Balaban J connectivity index is 2.39. The smallest absolute Gasteiger partial charge is 0.419 e. The Bertz CT molecular complexity index is 514. The summed E-state index contributed by atoms with van der Waals surface area (Å²) >= 11 is 0. The number of epoxide rings is 1. The highest BCUT2D eigenvalue weighted by Gasteiger charge is 2.45. The van der Waals surface area contributed by atoms with Gasteiger partial charge in [-0.1, -0.05) is 0 Å². The molecule has 124 valence electrons. The zero-order valence-corrected chi connectivity index (χ0v) is 12.4. The Labute approximate surface area is 125 Å². The number of hydrogen-bond acceptors (Lipinski definition) is 5. The molecule has 0 spiro atoms. The van der Waals surface area contributed by atoms with Gasteiger partial charge in [-0.25, -0.2) is 0 Å². The van der Waals surface area contributed by atoms with Gasteiger partial charge in [-0.05, 0) is 6.07 Å². The Hall–Kier alpha value is -1.67. The molecule has 0 amide bonds. The van der Waals surface area contributed by atoms with Crippen molar-refractivity contribution in [2.75, 3.05) is 34.5 Å². The third-order valence-corrected chi connectivity index (χ3v) is 3.17. The molecule has 0 bridgehead atoms. The van der Waals surface area contributed by atoms with Gasteiger partial charge in [0.25, 0.3) is 0 Å². The zero-order chi connectivity index (χ0) is 16.3. The van der Waals surface area contributed by atoms with Crippen LogP contribution < -0.4 is 14.2 Å². The molecule has 5 nitrogen and oxygen atoms in total. The highest BCUT2D eigenvalue weighted by molar-refractivity contribution is 5.51. The van der Waals surface area contributed by atoms with Crippen LogP contribution in [0.5, 0.6) is 17.2 Å². The molecule has 0 unspecified atom stereocenters. The first-order valence-corrected chi connectivity index (χ1v) is 6.50. The van der Waals surface area contributed by atoms with Crippen molar-refractivity contribution in [1.82, 2.24) is 0 Å². The summed E-state index contributed by atoms with van der Waals surface area (Å²) in [7, 11) is 4.01. The third-order valence-electron chi connectivity index (χ3n) is 3.17. The van der Waals surface area contributed by atoms with E-state index in [2.05, 4.69) is 0 Å². The number of hydrogen-bond donors (Lipinski definition) is 0. The minimum atomic E-state index is -4.60. The van der Waals surface area contributed by atoms with Crippen LogP contribution in [0.1, 0.15) is 11.7 Å². The van der Waals surface area contributed by atoms with Gasteiger partial charge in [0.2, 0.25) is 0 Å². The van der Waals surface area contributed by atoms with Crippen molar-refractivity contribution in [1.29, 1.82) is 0 Å². The van der Waals surface area contributed by atoms with Gasteiger partial charge < -0.3 is 23.7 Å². The van der Waals surface area contributed by atoms with Gasteiger partial charge >= 0.3 is 6.18 Å². The normalized spacial score (nSPS) is 18.7. The van der Waals surface area contributed by atoms with Crippen LogP contribution in [0, 0.1) is 0 Å². The second kappa shape index (κ2) is 6.62. The Morgan fingerprint density at radius 1 is 1.09 bits per heavy atom. The number of ether oxygens (including phenoxy) is 5. The summed E-state index contributed by atoms with van der Waals surface area (Å²) in [5.74, 6) is 0.449. The monoisotopic (exact) mass is 322 g/mol. The summed E-state index contributed by atoms with van der Waals surface area (Å²) in [6.07, 6.45) is -7.01. The number of alkyl halides is 3. The van der Waals surface area contributed by atoms with Gasteiger partial charge in [0.05, 0.1) is 34.5 Å². The van der Waals surface area contributed by atoms with Crippen LogP contribution in [0.3, 0.4) is 0 Å². The van der Waals surface area contributed by atoms with Crippen LogP contribution in [0.2, 0.25) is 0 Å². The fraction of sp³-hybridized carbons (Fsp3) is 0.571. The topological polar surface area (TPSA) is 49.5 Å². The van der Waals surface area contributed by atoms with Crippen LogP contribution >= 0.6 is 0 Å². The lowest BCUT2D eigenvalue weighted by molar-refractivity contribution is -0.225. The van der Waals surface area contributed by atoms with Crippen LogP contribution in [-0.2, 0) is 9.47 Å². The summed E-state index contributed by atoms with van der Waals surface area (Å²) in [5.41, 5.74) is -0.173. The van der Waals surface area contributed by atoms with Crippen molar-refractivity contribution in [2.45, 2.75) is 18.4 Å². The maximum absolute atomic E-state index is 13.3. The SMILES string of the molecule is COc1cc(OC)c([C@@H](OC[C@H]2CO2)C(F)(F)F)cc1OC. The molecule has 0 aromatic heterocycles. The summed E-state index contributed by atoms with van der Waals surface area (Å²) in [4.78, 5) is 0. The van der Waals surface area contributed by atoms with Crippen LogP contribution in [-0.4, -0.2) is 46.8 Å². The molecule has 0 saturated carbocycles. The first-order chi connectivity index (χ1) is 10.4. The molecule has 0 radical (unpaired) electrons. The van der Waals surface area contributed by atoms with E-state index in [1.54, 1.807) is 0 Å². The van der Waals surface area contributed by atoms with Crippen LogP contribution in [0.15, 0.2) is 12.1 Å². The highest BCUT2D eigenvalue weighted by Crippen LogP contribution is 2.44. The maximum atomic E-state index is 13.3. The minimum Gasteiger partial charge on any atom is -0.496 e. The lowest BCUT2D eigenvalue weighted by Crippen LogP contribution is -2.25. The summed E-state index contributed by atoms with van der Waals surface area (Å²) in [5, 5.41) is 0. The van der Waals surface area contributed by atoms with Gasteiger partial charge in [0, 0.05) is 11.6 Å². The number of rotatable bonds is 7. The van der Waals surface area contributed by atoms with E-state index in [4.69, 9.17) is 23.7 Å². The van der Waals surface area contributed by atoms with E-state index < -0.39 is 12.3 Å². The molecule has 1 aliphatic rings. The molecule has 0 N–H and O–H groups in total. The van der Waals surface area contributed by atoms with Gasteiger partial charge in [0.1, 0.15) is 11.9 Å². The Kier molecular flexibility index (Phi) is 5.02. The number of methoxy groups -OCH3 is 3. The quantitative estimate of drug-likeness (QED) is 0.723. The van der Waals surface area contributed by atoms with Gasteiger partial charge in [-0.3, -0.25) is 0 Å². The standard InChI is InChI=1S/C14H17F3O5/c1-18-10-5-12(20-3)11(19-2)4-9(10)13(14(15,16)17)22-7-8-6-21-8/h4-5,8,13H,6-7H2,1-3H3/t8-,13-/m1/s1. The second-order valence-corrected chi connectivity index (χ2v) is 4.66. The third kappa shape index (κ3) is 3.75. The van der Waals surface area contributed by atoms with Gasteiger partial charge in [-0.2, -0.15) is 13.2 Å². The summed E-state index contributed by atoms with van der Waals surface area (Å²) in [6.45, 7) is 0.273. The Morgan fingerprint density at radius 2 is 1.64 bits per heavy atom. The molecule has 1 heterocycles. The molecule has 1 aromatic rings. The zero-order valence-electron chi connectivity index (χ0n) is 12.4. The van der Waals surface area contributed by atoms with E-state index in [1.165, 1.54) is 33.5 Å². The van der Waals surface area contributed by atoms with Crippen molar-refractivity contribution in [3.8, 4) is 17.2 Å². The van der Waals surface area contributed by atoms with Crippen molar-refractivity contribution in [3.05, 3.63) is 17.7 Å². The van der Waals surface area contributed by atoms with Crippen molar-refractivity contribution >= 4 is 0 Å². The molecule has 1 fully saturated rings. The fourth-order valence-corrected chi connectivity index (χ4v) is 1.99. The fourth-order valence-electron chi connectivity index (χ4n) is 1.99. The van der Waals surface area contributed by atoms with Crippen molar-refractivity contribution in [3.63, 3.8) is 0 Å². The molecule has 1 saturated heterocycles. The van der Waals surface area contributed by atoms with E-state index in [0.29, 0.717) is 6.61 Å². The molecular formula is C14H17F3O5. The molecule has 1 aromatic carbocycles. The molecular weight excluding hydrogens is 305 g/mol. The molecule has 8 heteroatoms.